The number of aliphatic hydroxyl groups excluding tert-OH is 1. The first-order chi connectivity index (χ1) is 4.29. The number of allylic oxidation sites excluding steroid dienone is 1. The molecule has 4 atom stereocenters. The van der Waals surface area contributed by atoms with Crippen LogP contribution in [0.15, 0.2) is 12.2 Å². The molecule has 2 aliphatic rings. The molecule has 0 saturated heterocycles. The largest absolute Gasteiger partial charge is 0.392 e. The molecule has 1 fully saturated rings. The quantitative estimate of drug-likeness (QED) is 0.481. The van der Waals surface area contributed by atoms with Crippen LogP contribution in [0, 0.1) is 17.8 Å². The van der Waals surface area contributed by atoms with Crippen LogP contribution in [0.1, 0.15) is 13.3 Å². The van der Waals surface area contributed by atoms with Crippen molar-refractivity contribution in [2.45, 2.75) is 19.4 Å². The number of hydrogen-bond acceptors (Lipinski definition) is 1. The fourth-order valence-electron chi connectivity index (χ4n) is 2.04. The van der Waals surface area contributed by atoms with Crippen LogP contribution >= 0.6 is 0 Å². The predicted octanol–water partition coefficient (Wildman–Crippen LogP) is 1.19. The maximum Gasteiger partial charge on any atom is 0.0634 e. The van der Waals surface area contributed by atoms with Crippen LogP contribution in [0.4, 0.5) is 0 Å². The Hall–Kier alpha value is -0.300. The van der Waals surface area contributed by atoms with Crippen LogP contribution in [0.2, 0.25) is 0 Å². The summed E-state index contributed by atoms with van der Waals surface area (Å²) in [5.74, 6) is 1.69. The standard InChI is InChI=1S/C8H12O/c1-5-6-2-3-7(4-6)8(5)9/h2-3,5-9H,4H2,1H3/t5-,6-,7+,8+/m0/s1. The molecule has 1 saturated carbocycles. The Morgan fingerprint density at radius 1 is 1.33 bits per heavy atom. The van der Waals surface area contributed by atoms with E-state index in [-0.39, 0.29) is 6.10 Å². The minimum Gasteiger partial charge on any atom is -0.392 e. The predicted molar refractivity (Wildman–Crippen MR) is 35.9 cm³/mol. The van der Waals surface area contributed by atoms with E-state index in [4.69, 9.17) is 0 Å². The monoisotopic (exact) mass is 124 g/mol. The second kappa shape index (κ2) is 1.60. The molecule has 0 unspecified atom stereocenters. The van der Waals surface area contributed by atoms with Gasteiger partial charge in [-0.3, -0.25) is 0 Å². The molecule has 0 spiro atoms. The van der Waals surface area contributed by atoms with Gasteiger partial charge in [0.1, 0.15) is 0 Å². The molecule has 0 heterocycles. The zero-order valence-electron chi connectivity index (χ0n) is 5.62. The summed E-state index contributed by atoms with van der Waals surface area (Å²) in [4.78, 5) is 0. The Morgan fingerprint density at radius 3 is 2.33 bits per heavy atom. The lowest BCUT2D eigenvalue weighted by molar-refractivity contribution is 0.105. The summed E-state index contributed by atoms with van der Waals surface area (Å²) >= 11 is 0. The second-order valence-electron chi connectivity index (χ2n) is 3.30. The molecule has 0 aromatic heterocycles. The van der Waals surface area contributed by atoms with Gasteiger partial charge in [0, 0.05) is 5.92 Å². The summed E-state index contributed by atoms with van der Waals surface area (Å²) in [6, 6.07) is 0. The molecule has 0 aromatic rings. The van der Waals surface area contributed by atoms with Crippen LogP contribution < -0.4 is 0 Å². The highest BCUT2D eigenvalue weighted by atomic mass is 16.3. The van der Waals surface area contributed by atoms with Crippen molar-refractivity contribution in [2.24, 2.45) is 17.8 Å². The highest BCUT2D eigenvalue weighted by molar-refractivity contribution is 5.13. The molecule has 9 heavy (non-hydrogen) atoms. The Bertz CT molecular complexity index is 135. The zero-order valence-corrected chi connectivity index (χ0v) is 5.62. The van der Waals surface area contributed by atoms with Gasteiger partial charge in [-0.2, -0.15) is 0 Å². The van der Waals surface area contributed by atoms with Crippen LogP contribution in [-0.4, -0.2) is 11.2 Å². The lowest BCUT2D eigenvalue weighted by Crippen LogP contribution is -2.21. The van der Waals surface area contributed by atoms with Gasteiger partial charge in [0.05, 0.1) is 6.10 Å². The average molecular weight is 124 g/mol. The molecule has 2 bridgehead atoms. The summed E-state index contributed by atoms with van der Waals surface area (Å²) in [5.41, 5.74) is 0. The number of aliphatic hydroxyl groups is 1. The van der Waals surface area contributed by atoms with Crippen LogP contribution in [0.3, 0.4) is 0 Å². The first kappa shape index (κ1) is 5.48. The first-order valence-corrected chi connectivity index (χ1v) is 3.65. The summed E-state index contributed by atoms with van der Waals surface area (Å²) in [6.07, 6.45) is 5.57. The van der Waals surface area contributed by atoms with Crippen molar-refractivity contribution in [3.8, 4) is 0 Å². The van der Waals surface area contributed by atoms with Crippen LogP contribution in [0.5, 0.6) is 0 Å². The van der Waals surface area contributed by atoms with Crippen molar-refractivity contribution in [3.63, 3.8) is 0 Å². The minimum atomic E-state index is -0.0417. The van der Waals surface area contributed by atoms with E-state index in [1.54, 1.807) is 0 Å². The van der Waals surface area contributed by atoms with E-state index in [1.807, 2.05) is 0 Å². The van der Waals surface area contributed by atoms with Crippen molar-refractivity contribution in [1.29, 1.82) is 0 Å². The molecule has 50 valence electrons. The third kappa shape index (κ3) is 0.584. The van der Waals surface area contributed by atoms with Crippen molar-refractivity contribution in [3.05, 3.63) is 12.2 Å². The topological polar surface area (TPSA) is 20.2 Å². The molecule has 2 aliphatic carbocycles. The maximum atomic E-state index is 9.44. The van der Waals surface area contributed by atoms with E-state index < -0.39 is 0 Å². The van der Waals surface area contributed by atoms with Gasteiger partial charge in [-0.25, -0.2) is 0 Å². The summed E-state index contributed by atoms with van der Waals surface area (Å²) in [6.45, 7) is 2.14. The highest BCUT2D eigenvalue weighted by Gasteiger charge is 2.40. The van der Waals surface area contributed by atoms with E-state index >= 15 is 0 Å². The Kier molecular flexibility index (Phi) is 0.974. The summed E-state index contributed by atoms with van der Waals surface area (Å²) < 4.78 is 0. The Morgan fingerprint density at radius 2 is 2.00 bits per heavy atom. The smallest absolute Gasteiger partial charge is 0.0634 e. The SMILES string of the molecule is C[C@@H]1[C@@H](O)[C@@H]2C=C[C@H]1C2. The Labute approximate surface area is 55.4 Å². The molecule has 2 rings (SSSR count). The van der Waals surface area contributed by atoms with Crippen molar-refractivity contribution < 1.29 is 5.11 Å². The van der Waals surface area contributed by atoms with E-state index in [0.29, 0.717) is 17.8 Å². The highest BCUT2D eigenvalue weighted by Crippen LogP contribution is 2.42. The lowest BCUT2D eigenvalue weighted by Gasteiger charge is -2.18. The minimum absolute atomic E-state index is 0.0417. The third-order valence-electron chi connectivity index (χ3n) is 2.80. The van der Waals surface area contributed by atoms with E-state index in [1.165, 1.54) is 6.42 Å². The van der Waals surface area contributed by atoms with Gasteiger partial charge >= 0.3 is 0 Å². The number of fused-ring (bicyclic) bond motifs is 2. The van der Waals surface area contributed by atoms with Gasteiger partial charge in [0.2, 0.25) is 0 Å². The summed E-state index contributed by atoms with van der Waals surface area (Å²) in [5, 5.41) is 9.44. The van der Waals surface area contributed by atoms with Crippen LogP contribution in [-0.2, 0) is 0 Å². The number of rotatable bonds is 0. The summed E-state index contributed by atoms with van der Waals surface area (Å²) in [7, 11) is 0. The van der Waals surface area contributed by atoms with E-state index in [2.05, 4.69) is 19.1 Å². The van der Waals surface area contributed by atoms with Crippen LogP contribution in [0.25, 0.3) is 0 Å². The third-order valence-corrected chi connectivity index (χ3v) is 2.80. The molecule has 1 heteroatoms. The molecule has 0 amide bonds. The molecule has 1 nitrogen and oxygen atoms in total. The normalized spacial score (nSPS) is 54.9. The maximum absolute atomic E-state index is 9.44. The van der Waals surface area contributed by atoms with Gasteiger partial charge in [0.15, 0.2) is 0 Å². The lowest BCUT2D eigenvalue weighted by atomic mass is 9.93. The molecule has 1 N–H and O–H groups in total. The van der Waals surface area contributed by atoms with Crippen molar-refractivity contribution in [1.82, 2.24) is 0 Å². The number of hydrogen-bond donors (Lipinski definition) is 1. The molecular formula is C8H12O. The zero-order chi connectivity index (χ0) is 6.43. The fourth-order valence-corrected chi connectivity index (χ4v) is 2.04. The average Bonchev–Trinajstić information content (AvgIpc) is 2.37. The van der Waals surface area contributed by atoms with Gasteiger partial charge in [0.25, 0.3) is 0 Å². The molecule has 0 aliphatic heterocycles. The Balaban J connectivity index is 2.26. The van der Waals surface area contributed by atoms with E-state index in [0.717, 1.165) is 0 Å². The second-order valence-corrected chi connectivity index (χ2v) is 3.30. The molecule has 0 radical (unpaired) electrons. The first-order valence-electron chi connectivity index (χ1n) is 3.65. The fraction of sp³-hybridized carbons (Fsp3) is 0.750. The molecule has 0 aromatic carbocycles. The van der Waals surface area contributed by atoms with Gasteiger partial charge < -0.3 is 5.11 Å². The van der Waals surface area contributed by atoms with Gasteiger partial charge in [-0.15, -0.1) is 0 Å². The van der Waals surface area contributed by atoms with Gasteiger partial charge in [-0.1, -0.05) is 19.1 Å². The van der Waals surface area contributed by atoms with Crippen molar-refractivity contribution >= 4 is 0 Å². The van der Waals surface area contributed by atoms with Gasteiger partial charge in [-0.05, 0) is 18.3 Å². The molecular weight excluding hydrogens is 112 g/mol. The van der Waals surface area contributed by atoms with E-state index in [9.17, 15) is 5.11 Å². The van der Waals surface area contributed by atoms with Crippen molar-refractivity contribution in [2.75, 3.05) is 0 Å².